The van der Waals surface area contributed by atoms with Crippen molar-refractivity contribution < 1.29 is 9.53 Å². The zero-order valence-corrected chi connectivity index (χ0v) is 14.7. The van der Waals surface area contributed by atoms with Crippen LogP contribution in [0.15, 0.2) is 78.2 Å². The van der Waals surface area contributed by atoms with Gasteiger partial charge in [0, 0.05) is 11.0 Å². The molecule has 3 nitrogen and oxygen atoms in total. The minimum atomic E-state index is -0.149. The Bertz CT molecular complexity index is 841. The Balaban J connectivity index is 1.75. The fourth-order valence-corrected chi connectivity index (χ4v) is 3.33. The lowest BCUT2D eigenvalue weighted by Crippen LogP contribution is -2.27. The molecule has 1 heterocycles. The molecule has 1 N–H and O–H groups in total. The fraction of sp³-hybridized carbons (Fsp3) is 0.0952. The van der Waals surface area contributed by atoms with Crippen LogP contribution in [0.4, 0.5) is 0 Å². The van der Waals surface area contributed by atoms with Crippen LogP contribution in [0, 0.1) is 0 Å². The van der Waals surface area contributed by atoms with Gasteiger partial charge < -0.3 is 10.1 Å². The van der Waals surface area contributed by atoms with Gasteiger partial charge in [-0.2, -0.15) is 0 Å². The number of amides is 1. The van der Waals surface area contributed by atoms with Crippen molar-refractivity contribution in [3.8, 4) is 5.75 Å². The maximum Gasteiger partial charge on any atom is 0.244 e. The van der Waals surface area contributed by atoms with E-state index in [1.807, 2.05) is 72.1 Å². The number of carbonyl (C=O) groups excluding carboxylic acids is 1. The predicted molar refractivity (Wildman–Crippen MR) is 103 cm³/mol. The number of benzene rings is 2. The van der Waals surface area contributed by atoms with Gasteiger partial charge in [0.25, 0.3) is 0 Å². The van der Waals surface area contributed by atoms with Crippen molar-refractivity contribution in [2.75, 3.05) is 7.11 Å². The zero-order valence-electron chi connectivity index (χ0n) is 13.9. The number of thiophene rings is 1. The molecule has 4 heteroatoms. The summed E-state index contributed by atoms with van der Waals surface area (Å²) in [6.45, 7) is 0. The summed E-state index contributed by atoms with van der Waals surface area (Å²) < 4.78 is 5.20. The summed E-state index contributed by atoms with van der Waals surface area (Å²) in [5.74, 6) is 0.633. The third-order valence-corrected chi connectivity index (χ3v) is 4.71. The summed E-state index contributed by atoms with van der Waals surface area (Å²) in [5.41, 5.74) is 1.98. The lowest BCUT2D eigenvalue weighted by Gasteiger charge is -2.17. The molecular formula is C21H19NO2S. The van der Waals surface area contributed by atoms with E-state index in [0.29, 0.717) is 0 Å². The highest BCUT2D eigenvalue weighted by Gasteiger charge is 2.16. The van der Waals surface area contributed by atoms with Crippen molar-refractivity contribution in [2.45, 2.75) is 6.04 Å². The molecule has 0 radical (unpaired) electrons. The molecule has 0 bridgehead atoms. The second-order valence-electron chi connectivity index (χ2n) is 5.48. The average Bonchev–Trinajstić information content (AvgIpc) is 3.20. The number of hydrogen-bond donors (Lipinski definition) is 1. The Labute approximate surface area is 151 Å². The van der Waals surface area contributed by atoms with E-state index in [-0.39, 0.29) is 11.9 Å². The molecule has 126 valence electrons. The molecule has 0 spiro atoms. The monoisotopic (exact) mass is 349 g/mol. The van der Waals surface area contributed by atoms with Crippen molar-refractivity contribution in [1.82, 2.24) is 5.32 Å². The molecule has 3 rings (SSSR count). The maximum absolute atomic E-state index is 12.4. The van der Waals surface area contributed by atoms with Crippen molar-refractivity contribution in [3.63, 3.8) is 0 Å². The number of ether oxygens (including phenoxy) is 1. The third-order valence-electron chi connectivity index (χ3n) is 3.77. The molecule has 0 aliphatic rings. The second kappa shape index (κ2) is 8.31. The van der Waals surface area contributed by atoms with Gasteiger partial charge in [-0.3, -0.25) is 4.79 Å². The van der Waals surface area contributed by atoms with Crippen LogP contribution in [0.2, 0.25) is 0 Å². The van der Waals surface area contributed by atoms with E-state index in [1.165, 1.54) is 0 Å². The molecule has 0 aliphatic carbocycles. The quantitative estimate of drug-likeness (QED) is 0.657. The third kappa shape index (κ3) is 4.58. The first kappa shape index (κ1) is 17.0. The smallest absolute Gasteiger partial charge is 0.244 e. The Hall–Kier alpha value is -2.85. The van der Waals surface area contributed by atoms with Gasteiger partial charge in [0.1, 0.15) is 5.75 Å². The van der Waals surface area contributed by atoms with E-state index in [9.17, 15) is 4.79 Å². The molecule has 1 amide bonds. The number of carbonyl (C=O) groups is 1. The molecular weight excluding hydrogens is 330 g/mol. The molecule has 0 saturated carbocycles. The van der Waals surface area contributed by atoms with Crippen LogP contribution in [0.25, 0.3) is 6.08 Å². The molecule has 0 fully saturated rings. The Morgan fingerprint density at radius 2 is 1.92 bits per heavy atom. The molecule has 2 aromatic carbocycles. The summed E-state index contributed by atoms with van der Waals surface area (Å²) in [5, 5.41) is 5.11. The van der Waals surface area contributed by atoms with E-state index >= 15 is 0 Å². The predicted octanol–water partition coefficient (Wildman–Crippen LogP) is 4.68. The Morgan fingerprint density at radius 1 is 1.08 bits per heavy atom. The summed E-state index contributed by atoms with van der Waals surface area (Å²) in [6, 6.07) is 21.5. The highest BCUT2D eigenvalue weighted by molar-refractivity contribution is 7.10. The molecule has 0 unspecified atom stereocenters. The van der Waals surface area contributed by atoms with Gasteiger partial charge >= 0.3 is 0 Å². The van der Waals surface area contributed by atoms with Gasteiger partial charge in [0.2, 0.25) is 5.91 Å². The molecule has 25 heavy (non-hydrogen) atoms. The van der Waals surface area contributed by atoms with Crippen molar-refractivity contribution in [2.24, 2.45) is 0 Å². The van der Waals surface area contributed by atoms with E-state index in [2.05, 4.69) is 5.32 Å². The molecule has 0 saturated heterocycles. The summed E-state index contributed by atoms with van der Waals surface area (Å²) in [6.07, 6.45) is 3.34. The number of rotatable bonds is 6. The van der Waals surface area contributed by atoms with Crippen LogP contribution in [-0.4, -0.2) is 13.0 Å². The van der Waals surface area contributed by atoms with Crippen LogP contribution in [0.1, 0.15) is 22.0 Å². The second-order valence-corrected chi connectivity index (χ2v) is 6.46. The molecule has 1 aromatic heterocycles. The van der Waals surface area contributed by atoms with Gasteiger partial charge in [-0.05, 0) is 40.8 Å². The molecule has 1 atom stereocenters. The van der Waals surface area contributed by atoms with Crippen LogP contribution < -0.4 is 10.1 Å². The number of hydrogen-bond acceptors (Lipinski definition) is 3. The highest BCUT2D eigenvalue weighted by Crippen LogP contribution is 2.26. The van der Waals surface area contributed by atoms with E-state index in [4.69, 9.17) is 4.74 Å². The largest absolute Gasteiger partial charge is 0.497 e. The van der Waals surface area contributed by atoms with E-state index in [0.717, 1.165) is 21.8 Å². The van der Waals surface area contributed by atoms with Crippen LogP contribution in [-0.2, 0) is 4.79 Å². The van der Waals surface area contributed by atoms with Crippen LogP contribution in [0.3, 0.4) is 0 Å². The number of nitrogens with one attached hydrogen (secondary N) is 1. The van der Waals surface area contributed by atoms with E-state index in [1.54, 1.807) is 30.6 Å². The standard InChI is InChI=1S/C21H19NO2S/c1-24-18-10-5-7-16(15-18)12-13-20(23)22-21(19-11-6-14-25-19)17-8-3-2-4-9-17/h2-15,21H,1H3,(H,22,23)/b13-12+/t21-/m1/s1. The van der Waals surface area contributed by atoms with Crippen molar-refractivity contribution in [3.05, 3.63) is 94.2 Å². The minimum absolute atomic E-state index is 0.134. The van der Waals surface area contributed by atoms with Crippen LogP contribution >= 0.6 is 11.3 Å². The first-order chi connectivity index (χ1) is 12.3. The van der Waals surface area contributed by atoms with Crippen LogP contribution in [0.5, 0.6) is 5.75 Å². The van der Waals surface area contributed by atoms with Gasteiger partial charge in [0.15, 0.2) is 0 Å². The average molecular weight is 349 g/mol. The Morgan fingerprint density at radius 3 is 2.64 bits per heavy atom. The summed E-state index contributed by atoms with van der Waals surface area (Å²) in [7, 11) is 1.63. The van der Waals surface area contributed by atoms with Gasteiger partial charge in [0.05, 0.1) is 13.2 Å². The highest BCUT2D eigenvalue weighted by atomic mass is 32.1. The van der Waals surface area contributed by atoms with Gasteiger partial charge in [-0.15, -0.1) is 11.3 Å². The fourth-order valence-electron chi connectivity index (χ4n) is 2.53. The molecule has 3 aromatic rings. The normalized spacial score (nSPS) is 12.0. The topological polar surface area (TPSA) is 38.3 Å². The van der Waals surface area contributed by atoms with Crippen molar-refractivity contribution >= 4 is 23.3 Å². The first-order valence-corrected chi connectivity index (χ1v) is 8.85. The SMILES string of the molecule is COc1cccc(/C=C/C(=O)N[C@H](c2ccccc2)c2cccs2)c1. The van der Waals surface area contributed by atoms with Crippen molar-refractivity contribution in [1.29, 1.82) is 0 Å². The maximum atomic E-state index is 12.4. The summed E-state index contributed by atoms with van der Waals surface area (Å²) >= 11 is 1.63. The first-order valence-electron chi connectivity index (χ1n) is 7.97. The van der Waals surface area contributed by atoms with Gasteiger partial charge in [-0.1, -0.05) is 48.5 Å². The lowest BCUT2D eigenvalue weighted by atomic mass is 10.1. The van der Waals surface area contributed by atoms with Gasteiger partial charge in [-0.25, -0.2) is 0 Å². The molecule has 0 aliphatic heterocycles. The zero-order chi connectivity index (χ0) is 17.5. The number of methoxy groups -OCH3 is 1. The lowest BCUT2D eigenvalue weighted by molar-refractivity contribution is -0.116. The Kier molecular flexibility index (Phi) is 5.65. The van der Waals surface area contributed by atoms with E-state index < -0.39 is 0 Å². The summed E-state index contributed by atoms with van der Waals surface area (Å²) in [4.78, 5) is 13.5. The minimum Gasteiger partial charge on any atom is -0.497 e.